The number of anilines is 3. The molecule has 3 heteroatoms. The predicted octanol–water partition coefficient (Wildman–Crippen LogP) is 13.4. The van der Waals surface area contributed by atoms with Crippen LogP contribution < -0.4 is 4.90 Å². The smallest absolute Gasteiger partial charge is 0.161 e. The van der Waals surface area contributed by atoms with Crippen LogP contribution in [0.3, 0.4) is 0 Å². The molecular weight excluding hydrogens is 657 g/mol. The third-order valence-corrected chi connectivity index (χ3v) is 11.2. The molecule has 0 fully saturated rings. The minimum Gasteiger partial charge on any atom is -0.454 e. The number of nitrogens with zero attached hydrogens (tertiary/aromatic N) is 2. The first-order chi connectivity index (χ1) is 26.8. The van der Waals surface area contributed by atoms with Gasteiger partial charge in [0.2, 0.25) is 0 Å². The van der Waals surface area contributed by atoms with Crippen LogP contribution in [0, 0.1) is 0 Å². The van der Waals surface area contributed by atoms with E-state index in [1.165, 1.54) is 27.9 Å². The first-order valence-electron chi connectivity index (χ1n) is 18.5. The summed E-state index contributed by atoms with van der Waals surface area (Å²) in [7, 11) is 0. The molecular formula is C51H34N2O. The Morgan fingerprint density at radius 1 is 0.407 bits per heavy atom. The van der Waals surface area contributed by atoms with E-state index in [0.717, 1.165) is 61.2 Å². The molecule has 0 saturated heterocycles. The van der Waals surface area contributed by atoms with Crippen LogP contribution in [0.2, 0.25) is 0 Å². The van der Waals surface area contributed by atoms with Crippen LogP contribution in [0.15, 0.2) is 211 Å². The van der Waals surface area contributed by atoms with Gasteiger partial charge in [-0.05, 0) is 100 Å². The molecule has 2 aromatic heterocycles. The number of aromatic nitrogens is 1. The van der Waals surface area contributed by atoms with Gasteiger partial charge in [0.1, 0.15) is 11.1 Å². The third kappa shape index (κ3) is 4.36. The lowest BCUT2D eigenvalue weighted by Gasteiger charge is -2.46. The van der Waals surface area contributed by atoms with E-state index < -0.39 is 5.41 Å². The fraction of sp³-hybridized carbons (Fsp3) is 0.0196. The number of furan rings is 1. The van der Waals surface area contributed by atoms with Crippen molar-refractivity contribution in [3.8, 4) is 16.8 Å². The predicted molar refractivity (Wildman–Crippen MR) is 223 cm³/mol. The van der Waals surface area contributed by atoms with Crippen LogP contribution in [0.5, 0.6) is 0 Å². The Balaban J connectivity index is 1.21. The zero-order chi connectivity index (χ0) is 35.6. The molecule has 10 aromatic rings. The Kier molecular flexibility index (Phi) is 6.77. The fourth-order valence-corrected chi connectivity index (χ4v) is 8.99. The summed E-state index contributed by atoms with van der Waals surface area (Å²) in [5.74, 6) is 0. The SMILES string of the molecule is c1ccc(N2c3ccccc3C(c3ccccc3)(c3ccccc3)c3cc(-c4ccc5c(c4)c4oc6ccccc6c4n5-c4ccccc4)ccc32)cc1. The summed E-state index contributed by atoms with van der Waals surface area (Å²) < 4.78 is 9.02. The monoisotopic (exact) mass is 690 g/mol. The Morgan fingerprint density at radius 2 is 0.963 bits per heavy atom. The van der Waals surface area contributed by atoms with E-state index in [4.69, 9.17) is 4.42 Å². The molecule has 0 bridgehead atoms. The second-order valence-corrected chi connectivity index (χ2v) is 14.1. The van der Waals surface area contributed by atoms with Gasteiger partial charge in [0, 0.05) is 22.1 Å². The van der Waals surface area contributed by atoms with Crippen molar-refractivity contribution < 1.29 is 4.42 Å². The summed E-state index contributed by atoms with van der Waals surface area (Å²) in [6.45, 7) is 0. The number of benzene rings is 8. The number of hydrogen-bond acceptors (Lipinski definition) is 2. The van der Waals surface area contributed by atoms with Crippen molar-refractivity contribution in [3.05, 3.63) is 229 Å². The molecule has 3 nitrogen and oxygen atoms in total. The van der Waals surface area contributed by atoms with E-state index in [0.29, 0.717) is 0 Å². The Hall–Kier alpha value is -7.10. The molecule has 1 aliphatic heterocycles. The zero-order valence-electron chi connectivity index (χ0n) is 29.4. The first-order valence-corrected chi connectivity index (χ1v) is 18.5. The van der Waals surface area contributed by atoms with Crippen LogP contribution in [-0.4, -0.2) is 4.57 Å². The topological polar surface area (TPSA) is 21.3 Å². The molecule has 0 unspecified atom stereocenters. The highest BCUT2D eigenvalue weighted by atomic mass is 16.3. The highest BCUT2D eigenvalue weighted by Crippen LogP contribution is 2.58. The third-order valence-electron chi connectivity index (χ3n) is 11.2. The van der Waals surface area contributed by atoms with Crippen LogP contribution in [-0.2, 0) is 5.41 Å². The summed E-state index contributed by atoms with van der Waals surface area (Å²) in [5, 5.41) is 2.20. The van der Waals surface area contributed by atoms with Crippen molar-refractivity contribution in [1.29, 1.82) is 0 Å². The van der Waals surface area contributed by atoms with Crippen molar-refractivity contribution in [1.82, 2.24) is 4.57 Å². The second kappa shape index (κ2) is 12.0. The average Bonchev–Trinajstić information content (AvgIpc) is 3.78. The highest BCUT2D eigenvalue weighted by Gasteiger charge is 2.46. The van der Waals surface area contributed by atoms with E-state index in [9.17, 15) is 0 Å². The summed E-state index contributed by atoms with van der Waals surface area (Å²) in [6, 6.07) is 74.5. The van der Waals surface area contributed by atoms with E-state index in [1.54, 1.807) is 0 Å². The average molecular weight is 691 g/mol. The van der Waals surface area contributed by atoms with E-state index >= 15 is 0 Å². The second-order valence-electron chi connectivity index (χ2n) is 14.1. The van der Waals surface area contributed by atoms with Crippen LogP contribution in [0.25, 0.3) is 49.8 Å². The van der Waals surface area contributed by atoms with Crippen molar-refractivity contribution in [2.75, 3.05) is 4.90 Å². The quantitative estimate of drug-likeness (QED) is 0.179. The molecule has 0 saturated carbocycles. The lowest BCUT2D eigenvalue weighted by molar-refractivity contribution is 0.673. The maximum atomic E-state index is 6.67. The normalized spacial score (nSPS) is 13.3. The molecule has 0 spiro atoms. The van der Waals surface area contributed by atoms with Crippen LogP contribution in [0.1, 0.15) is 22.3 Å². The maximum absolute atomic E-state index is 6.67. The lowest BCUT2D eigenvalue weighted by Crippen LogP contribution is -2.37. The van der Waals surface area contributed by atoms with Crippen LogP contribution in [0.4, 0.5) is 17.1 Å². The highest BCUT2D eigenvalue weighted by molar-refractivity contribution is 6.17. The van der Waals surface area contributed by atoms with E-state index in [1.807, 2.05) is 6.07 Å². The van der Waals surface area contributed by atoms with Crippen molar-refractivity contribution >= 4 is 50.0 Å². The van der Waals surface area contributed by atoms with Gasteiger partial charge in [-0.25, -0.2) is 0 Å². The minimum atomic E-state index is -0.581. The molecule has 0 atom stereocenters. The largest absolute Gasteiger partial charge is 0.454 e. The number of fused-ring (bicyclic) bond motifs is 7. The van der Waals surface area contributed by atoms with Gasteiger partial charge >= 0.3 is 0 Å². The fourth-order valence-electron chi connectivity index (χ4n) is 8.99. The molecule has 11 rings (SSSR count). The lowest BCUT2D eigenvalue weighted by atomic mass is 9.62. The molecule has 1 aliphatic rings. The molecule has 54 heavy (non-hydrogen) atoms. The van der Waals surface area contributed by atoms with Gasteiger partial charge in [0.15, 0.2) is 5.58 Å². The number of hydrogen-bond donors (Lipinski definition) is 0. The molecule has 0 N–H and O–H groups in total. The molecule has 0 aliphatic carbocycles. The van der Waals surface area contributed by atoms with Crippen molar-refractivity contribution in [2.45, 2.75) is 5.41 Å². The van der Waals surface area contributed by atoms with Gasteiger partial charge in [-0.15, -0.1) is 0 Å². The number of rotatable bonds is 5. The Labute approximate surface area is 313 Å². The van der Waals surface area contributed by atoms with Crippen molar-refractivity contribution in [2.24, 2.45) is 0 Å². The van der Waals surface area contributed by atoms with Crippen LogP contribution >= 0.6 is 0 Å². The Morgan fingerprint density at radius 3 is 1.69 bits per heavy atom. The van der Waals surface area contributed by atoms with Gasteiger partial charge in [-0.1, -0.05) is 140 Å². The zero-order valence-corrected chi connectivity index (χ0v) is 29.4. The molecule has 0 amide bonds. The number of para-hydroxylation sites is 4. The molecule has 0 radical (unpaired) electrons. The van der Waals surface area contributed by atoms with Gasteiger partial charge in [0.25, 0.3) is 0 Å². The summed E-state index contributed by atoms with van der Waals surface area (Å²) in [4.78, 5) is 2.43. The Bertz CT molecular complexity index is 2940. The first kappa shape index (κ1) is 30.5. The van der Waals surface area contributed by atoms with Gasteiger partial charge in [0.05, 0.1) is 22.3 Å². The van der Waals surface area contributed by atoms with Gasteiger partial charge in [-0.3, -0.25) is 0 Å². The maximum Gasteiger partial charge on any atom is 0.161 e. The van der Waals surface area contributed by atoms with Crippen molar-refractivity contribution in [3.63, 3.8) is 0 Å². The standard InChI is InChI=1S/C51H34N2O/c1-5-17-37(18-6-1)51(38-19-7-2-8-20-38)43-26-14-15-27-46(43)52(39-21-9-3-10-22-39)47-32-30-36(34-44(47)51)35-29-31-45-42(33-35)50-49(41-25-13-16-28-48(41)54-50)53(45)40-23-11-4-12-24-40/h1-34H. The molecule has 8 aromatic carbocycles. The van der Waals surface area contributed by atoms with Gasteiger partial charge in [-0.2, -0.15) is 0 Å². The summed E-state index contributed by atoms with van der Waals surface area (Å²) in [6.07, 6.45) is 0. The minimum absolute atomic E-state index is 0.581. The molecule has 3 heterocycles. The van der Waals surface area contributed by atoms with E-state index in [-0.39, 0.29) is 0 Å². The van der Waals surface area contributed by atoms with Gasteiger partial charge < -0.3 is 13.9 Å². The summed E-state index contributed by atoms with van der Waals surface area (Å²) >= 11 is 0. The summed E-state index contributed by atoms with van der Waals surface area (Å²) in [5.41, 5.74) is 15.2. The molecule has 254 valence electrons. The van der Waals surface area contributed by atoms with E-state index in [2.05, 4.69) is 210 Å².